The van der Waals surface area contributed by atoms with E-state index in [2.05, 4.69) is 5.32 Å². The van der Waals surface area contributed by atoms with Gasteiger partial charge in [0.05, 0.1) is 23.9 Å². The third kappa shape index (κ3) is 3.48. The molecule has 0 fully saturated rings. The van der Waals surface area contributed by atoms with Crippen molar-refractivity contribution in [1.29, 1.82) is 0 Å². The van der Waals surface area contributed by atoms with Gasteiger partial charge in [-0.25, -0.2) is 0 Å². The number of halogens is 1. The van der Waals surface area contributed by atoms with Gasteiger partial charge in [-0.3, -0.25) is 4.79 Å². The lowest BCUT2D eigenvalue weighted by atomic mass is 10.1. The number of hydrogen-bond acceptors (Lipinski definition) is 4. The summed E-state index contributed by atoms with van der Waals surface area (Å²) < 4.78 is 16.8. The molecule has 0 aliphatic heterocycles. The van der Waals surface area contributed by atoms with Gasteiger partial charge in [0.15, 0.2) is 11.3 Å². The molecule has 3 aromatic rings. The minimum atomic E-state index is -0.371. The molecule has 0 spiro atoms. The van der Waals surface area contributed by atoms with Crippen LogP contribution in [0.3, 0.4) is 0 Å². The van der Waals surface area contributed by atoms with E-state index in [1.54, 1.807) is 24.3 Å². The fraction of sp³-hybridized carbons (Fsp3) is 0.250. The van der Waals surface area contributed by atoms with Gasteiger partial charge in [0.1, 0.15) is 11.5 Å². The minimum Gasteiger partial charge on any atom is -0.494 e. The molecule has 0 bridgehead atoms. The molecule has 1 amide bonds. The van der Waals surface area contributed by atoms with Gasteiger partial charge in [0.25, 0.3) is 5.91 Å². The number of furan rings is 1. The zero-order chi connectivity index (χ0) is 18.7. The highest BCUT2D eigenvalue weighted by Crippen LogP contribution is 2.33. The highest BCUT2D eigenvalue weighted by Gasteiger charge is 2.20. The Morgan fingerprint density at radius 1 is 1.15 bits per heavy atom. The summed E-state index contributed by atoms with van der Waals surface area (Å²) >= 11 is 6.17. The van der Waals surface area contributed by atoms with Crippen molar-refractivity contribution in [2.75, 3.05) is 18.5 Å². The Balaban J connectivity index is 1.96. The Kier molecular flexibility index (Phi) is 5.38. The van der Waals surface area contributed by atoms with Crippen LogP contribution in [0, 0.1) is 6.92 Å². The molecule has 1 heterocycles. The number of anilines is 1. The normalized spacial score (nSPS) is 10.8. The van der Waals surface area contributed by atoms with Crippen molar-refractivity contribution in [3.05, 3.63) is 52.7 Å². The maximum Gasteiger partial charge on any atom is 0.291 e. The van der Waals surface area contributed by atoms with Crippen LogP contribution in [0.5, 0.6) is 11.5 Å². The molecule has 5 nitrogen and oxygen atoms in total. The second-order valence-corrected chi connectivity index (χ2v) is 6.06. The molecule has 1 N–H and O–H groups in total. The summed E-state index contributed by atoms with van der Waals surface area (Å²) in [5.41, 5.74) is 1.76. The number of carbonyl (C=O) groups excluding carboxylic acids is 1. The molecule has 0 saturated carbocycles. The average molecular weight is 374 g/mol. The predicted molar refractivity (Wildman–Crippen MR) is 103 cm³/mol. The van der Waals surface area contributed by atoms with Crippen molar-refractivity contribution in [2.45, 2.75) is 20.8 Å². The van der Waals surface area contributed by atoms with Crippen LogP contribution in [0.2, 0.25) is 5.02 Å². The number of para-hydroxylation sites is 1. The molecule has 0 saturated heterocycles. The number of benzene rings is 2. The highest BCUT2D eigenvalue weighted by atomic mass is 35.5. The van der Waals surface area contributed by atoms with Crippen LogP contribution >= 0.6 is 11.6 Å². The average Bonchev–Trinajstić information content (AvgIpc) is 2.96. The first-order valence-electron chi connectivity index (χ1n) is 8.43. The number of aryl methyl sites for hydroxylation is 1. The third-order valence-corrected chi connectivity index (χ3v) is 4.23. The molecule has 136 valence electrons. The summed E-state index contributed by atoms with van der Waals surface area (Å²) in [6.07, 6.45) is 0. The summed E-state index contributed by atoms with van der Waals surface area (Å²) in [6.45, 7) is 6.62. The van der Waals surface area contributed by atoms with E-state index in [1.807, 2.05) is 32.9 Å². The predicted octanol–water partition coefficient (Wildman–Crippen LogP) is 5.44. The van der Waals surface area contributed by atoms with E-state index in [-0.39, 0.29) is 11.7 Å². The SMILES string of the molecule is CCOc1ccc(OCC)c(NC(=O)c2oc3c(Cl)cccc3c2C)c1. The standard InChI is InChI=1S/C20H20ClNO4/c1-4-24-13-9-10-17(25-5-2)16(11-13)22-20(23)18-12(3)14-7-6-8-15(21)19(14)26-18/h6-11H,4-5H2,1-3H3,(H,22,23). The molecular weight excluding hydrogens is 354 g/mol. The van der Waals surface area contributed by atoms with Crippen LogP contribution in [0.25, 0.3) is 11.0 Å². The topological polar surface area (TPSA) is 60.7 Å². The van der Waals surface area contributed by atoms with Crippen molar-refractivity contribution < 1.29 is 18.7 Å². The Morgan fingerprint density at radius 3 is 2.62 bits per heavy atom. The van der Waals surface area contributed by atoms with Gasteiger partial charge >= 0.3 is 0 Å². The zero-order valence-corrected chi connectivity index (χ0v) is 15.6. The van der Waals surface area contributed by atoms with Gasteiger partial charge < -0.3 is 19.2 Å². The lowest BCUT2D eigenvalue weighted by Crippen LogP contribution is -2.13. The smallest absolute Gasteiger partial charge is 0.291 e. The molecule has 3 rings (SSSR count). The molecule has 1 aromatic heterocycles. The molecule has 26 heavy (non-hydrogen) atoms. The van der Waals surface area contributed by atoms with E-state index in [4.69, 9.17) is 25.5 Å². The van der Waals surface area contributed by atoms with Crippen molar-refractivity contribution in [3.63, 3.8) is 0 Å². The maximum absolute atomic E-state index is 12.8. The Morgan fingerprint density at radius 2 is 1.92 bits per heavy atom. The quantitative estimate of drug-likeness (QED) is 0.624. The first-order valence-corrected chi connectivity index (χ1v) is 8.81. The van der Waals surface area contributed by atoms with Gasteiger partial charge in [-0.2, -0.15) is 0 Å². The molecular formula is C20H20ClNO4. The summed E-state index contributed by atoms with van der Waals surface area (Å²) in [5.74, 6) is 1.06. The molecule has 0 unspecified atom stereocenters. The van der Waals surface area contributed by atoms with Crippen molar-refractivity contribution in [1.82, 2.24) is 0 Å². The van der Waals surface area contributed by atoms with Gasteiger partial charge in [0.2, 0.25) is 0 Å². The maximum atomic E-state index is 12.8. The summed E-state index contributed by atoms with van der Waals surface area (Å²) in [6, 6.07) is 10.7. The first-order chi connectivity index (χ1) is 12.5. The van der Waals surface area contributed by atoms with Crippen LogP contribution in [0.4, 0.5) is 5.69 Å². The fourth-order valence-electron chi connectivity index (χ4n) is 2.75. The number of carbonyl (C=O) groups is 1. The first kappa shape index (κ1) is 18.1. The summed E-state index contributed by atoms with van der Waals surface area (Å²) in [4.78, 5) is 12.8. The van der Waals surface area contributed by atoms with E-state index in [1.165, 1.54) is 0 Å². The van der Waals surface area contributed by atoms with E-state index in [9.17, 15) is 4.79 Å². The Labute approximate surface area is 156 Å². The number of hydrogen-bond donors (Lipinski definition) is 1. The van der Waals surface area contributed by atoms with Crippen molar-refractivity contribution in [2.24, 2.45) is 0 Å². The Bertz CT molecular complexity index is 948. The van der Waals surface area contributed by atoms with Gasteiger partial charge in [-0.1, -0.05) is 23.7 Å². The number of nitrogens with one attached hydrogen (secondary N) is 1. The molecule has 6 heteroatoms. The fourth-order valence-corrected chi connectivity index (χ4v) is 2.96. The van der Waals surface area contributed by atoms with Crippen LogP contribution in [0.15, 0.2) is 40.8 Å². The molecule has 0 atom stereocenters. The van der Waals surface area contributed by atoms with Gasteiger partial charge in [-0.15, -0.1) is 0 Å². The number of ether oxygens (including phenoxy) is 2. The van der Waals surface area contributed by atoms with Gasteiger partial charge in [-0.05, 0) is 39.0 Å². The van der Waals surface area contributed by atoms with Crippen molar-refractivity contribution >= 4 is 34.2 Å². The molecule has 2 aromatic carbocycles. The van der Waals surface area contributed by atoms with Crippen LogP contribution in [0.1, 0.15) is 30.0 Å². The van der Waals surface area contributed by atoms with Crippen molar-refractivity contribution in [3.8, 4) is 11.5 Å². The summed E-state index contributed by atoms with van der Waals surface area (Å²) in [5, 5.41) is 4.14. The van der Waals surface area contributed by atoms with Crippen LogP contribution < -0.4 is 14.8 Å². The second-order valence-electron chi connectivity index (χ2n) is 5.65. The largest absolute Gasteiger partial charge is 0.494 e. The van der Waals surface area contributed by atoms with E-state index >= 15 is 0 Å². The monoisotopic (exact) mass is 373 g/mol. The third-order valence-electron chi connectivity index (χ3n) is 3.93. The second kappa shape index (κ2) is 7.70. The Hall–Kier alpha value is -2.66. The summed E-state index contributed by atoms with van der Waals surface area (Å²) in [7, 11) is 0. The highest BCUT2D eigenvalue weighted by molar-refractivity contribution is 6.35. The lowest BCUT2D eigenvalue weighted by molar-refractivity contribution is 0.0997. The van der Waals surface area contributed by atoms with E-state index in [0.29, 0.717) is 41.0 Å². The van der Waals surface area contributed by atoms with E-state index < -0.39 is 0 Å². The number of amides is 1. The minimum absolute atomic E-state index is 0.220. The molecule has 0 aliphatic carbocycles. The van der Waals surface area contributed by atoms with Crippen LogP contribution in [-0.2, 0) is 0 Å². The molecule has 0 aliphatic rings. The van der Waals surface area contributed by atoms with Gasteiger partial charge in [0, 0.05) is 17.0 Å². The number of rotatable bonds is 6. The lowest BCUT2D eigenvalue weighted by Gasteiger charge is -2.13. The van der Waals surface area contributed by atoms with E-state index in [0.717, 1.165) is 10.9 Å². The zero-order valence-electron chi connectivity index (χ0n) is 14.9. The van der Waals surface area contributed by atoms with Crippen LogP contribution in [-0.4, -0.2) is 19.1 Å². The number of fused-ring (bicyclic) bond motifs is 1. The molecule has 0 radical (unpaired) electrons.